The number of benzene rings is 1. The van der Waals surface area contributed by atoms with Crippen LogP contribution in [0.5, 0.6) is 0 Å². The van der Waals surface area contributed by atoms with Crippen molar-refractivity contribution in [3.8, 4) is 0 Å². The van der Waals surface area contributed by atoms with Gasteiger partial charge in [-0.1, -0.05) is 38.1 Å². The van der Waals surface area contributed by atoms with Gasteiger partial charge in [0.1, 0.15) is 5.76 Å². The number of hydrogen-bond donors (Lipinski definition) is 2. The minimum absolute atomic E-state index is 0.509. The van der Waals surface area contributed by atoms with Crippen molar-refractivity contribution in [1.82, 2.24) is 20.5 Å². The number of oxazole rings is 1. The van der Waals surface area contributed by atoms with Gasteiger partial charge in [0.2, 0.25) is 5.89 Å². The number of aromatic nitrogens is 1. The number of hydrogen-bond acceptors (Lipinski definition) is 4. The molecule has 0 aliphatic rings. The average Bonchev–Trinajstić information content (AvgIpc) is 2.98. The summed E-state index contributed by atoms with van der Waals surface area (Å²) in [5, 5.41) is 6.63. The van der Waals surface area contributed by atoms with Crippen LogP contribution < -0.4 is 10.6 Å². The molecule has 2 rings (SSSR count). The maximum atomic E-state index is 5.60. The third kappa shape index (κ3) is 5.59. The van der Waals surface area contributed by atoms with E-state index in [0.29, 0.717) is 12.4 Å². The second kappa shape index (κ2) is 9.97. The van der Waals surface area contributed by atoms with Gasteiger partial charge in [0.25, 0.3) is 0 Å². The fraction of sp³-hybridized carbons (Fsp3) is 0.500. The minimum atomic E-state index is 0.509. The number of nitrogens with one attached hydrogen (secondary N) is 2. The molecule has 0 fully saturated rings. The average molecular weight is 358 g/mol. The molecule has 2 aromatic rings. The molecule has 0 spiro atoms. The van der Waals surface area contributed by atoms with Gasteiger partial charge in [0.15, 0.2) is 5.96 Å². The van der Waals surface area contributed by atoms with Crippen molar-refractivity contribution >= 4 is 5.96 Å². The first-order valence-corrected chi connectivity index (χ1v) is 9.23. The Balaban J connectivity index is 1.93. The Morgan fingerprint density at radius 2 is 1.73 bits per heavy atom. The molecule has 6 nitrogen and oxygen atoms in total. The molecule has 2 N–H and O–H groups in total. The van der Waals surface area contributed by atoms with E-state index in [4.69, 9.17) is 4.42 Å². The number of guanidine groups is 1. The molecule has 0 bridgehead atoms. The first kappa shape index (κ1) is 20.0. The van der Waals surface area contributed by atoms with Crippen LogP contribution in [0.4, 0.5) is 0 Å². The van der Waals surface area contributed by atoms with E-state index >= 15 is 0 Å². The highest BCUT2D eigenvalue weighted by atomic mass is 16.4. The lowest BCUT2D eigenvalue weighted by atomic mass is 10.1. The molecule has 0 saturated heterocycles. The van der Waals surface area contributed by atoms with Crippen LogP contribution in [0, 0.1) is 13.8 Å². The second-order valence-corrected chi connectivity index (χ2v) is 6.26. The van der Waals surface area contributed by atoms with Crippen LogP contribution in [0.3, 0.4) is 0 Å². The van der Waals surface area contributed by atoms with Gasteiger partial charge in [0.05, 0.1) is 12.2 Å². The Morgan fingerprint density at radius 3 is 2.31 bits per heavy atom. The van der Waals surface area contributed by atoms with Crippen molar-refractivity contribution in [3.05, 3.63) is 52.7 Å². The Bertz CT molecular complexity index is 699. The number of aryl methyl sites for hydroxylation is 2. The van der Waals surface area contributed by atoms with Crippen LogP contribution in [-0.2, 0) is 19.6 Å². The normalized spacial score (nSPS) is 11.8. The zero-order valence-corrected chi connectivity index (χ0v) is 16.6. The molecule has 0 amide bonds. The molecule has 0 unspecified atom stereocenters. The summed E-state index contributed by atoms with van der Waals surface area (Å²) in [7, 11) is 1.77. The van der Waals surface area contributed by atoms with Crippen LogP contribution in [0.25, 0.3) is 0 Å². The van der Waals surface area contributed by atoms with Gasteiger partial charge in [-0.2, -0.15) is 0 Å². The molecule has 0 aliphatic carbocycles. The molecule has 142 valence electrons. The van der Waals surface area contributed by atoms with Gasteiger partial charge in [-0.25, -0.2) is 4.98 Å². The largest absolute Gasteiger partial charge is 0.444 e. The van der Waals surface area contributed by atoms with Crippen molar-refractivity contribution in [1.29, 1.82) is 0 Å². The summed E-state index contributed by atoms with van der Waals surface area (Å²) in [6, 6.07) is 8.55. The van der Waals surface area contributed by atoms with Crippen LogP contribution in [0.1, 0.15) is 42.3 Å². The van der Waals surface area contributed by atoms with E-state index in [1.54, 1.807) is 7.05 Å². The van der Waals surface area contributed by atoms with Gasteiger partial charge >= 0.3 is 0 Å². The lowest BCUT2D eigenvalue weighted by Crippen LogP contribution is -2.36. The summed E-state index contributed by atoms with van der Waals surface area (Å²) in [5.41, 5.74) is 3.55. The highest BCUT2D eigenvalue weighted by Gasteiger charge is 2.09. The highest BCUT2D eigenvalue weighted by Crippen LogP contribution is 2.12. The predicted octanol–water partition coefficient (Wildman–Crippen LogP) is 3.00. The van der Waals surface area contributed by atoms with E-state index in [0.717, 1.165) is 43.6 Å². The number of rotatable bonds is 8. The lowest BCUT2D eigenvalue weighted by molar-refractivity contribution is 0.295. The van der Waals surface area contributed by atoms with Crippen molar-refractivity contribution in [2.45, 2.75) is 47.3 Å². The quantitative estimate of drug-likeness (QED) is 0.562. The van der Waals surface area contributed by atoms with E-state index in [9.17, 15) is 0 Å². The van der Waals surface area contributed by atoms with Crippen molar-refractivity contribution in [3.63, 3.8) is 0 Å². The molecule has 0 radical (unpaired) electrons. The molecule has 0 aliphatic heterocycles. The zero-order chi connectivity index (χ0) is 18.9. The SMILES string of the molecule is CCN(CC)Cc1ccccc1CNC(=NC)NCc1nc(C)c(C)o1. The summed E-state index contributed by atoms with van der Waals surface area (Å²) in [5.74, 6) is 2.26. The summed E-state index contributed by atoms with van der Waals surface area (Å²) < 4.78 is 5.60. The van der Waals surface area contributed by atoms with E-state index in [-0.39, 0.29) is 0 Å². The van der Waals surface area contributed by atoms with Gasteiger partial charge in [-0.15, -0.1) is 0 Å². The third-order valence-corrected chi connectivity index (χ3v) is 4.56. The highest BCUT2D eigenvalue weighted by molar-refractivity contribution is 5.79. The maximum absolute atomic E-state index is 5.60. The standard InChI is InChI=1S/C20H31N5O/c1-6-25(7-2)14-18-11-9-8-10-17(18)12-22-20(21-5)23-13-19-24-15(3)16(4)26-19/h8-11H,6-7,12-14H2,1-5H3,(H2,21,22,23). The van der Waals surface area contributed by atoms with Gasteiger partial charge in [-0.05, 0) is 38.1 Å². The van der Waals surface area contributed by atoms with Gasteiger partial charge < -0.3 is 15.1 Å². The second-order valence-electron chi connectivity index (χ2n) is 6.26. The van der Waals surface area contributed by atoms with Crippen molar-refractivity contribution < 1.29 is 4.42 Å². The summed E-state index contributed by atoms with van der Waals surface area (Å²) in [6.07, 6.45) is 0. The van der Waals surface area contributed by atoms with Gasteiger partial charge in [-0.3, -0.25) is 9.89 Å². The first-order chi connectivity index (χ1) is 12.6. The van der Waals surface area contributed by atoms with Crippen molar-refractivity contribution in [2.24, 2.45) is 4.99 Å². The Morgan fingerprint density at radius 1 is 1.08 bits per heavy atom. The van der Waals surface area contributed by atoms with Crippen LogP contribution >= 0.6 is 0 Å². The first-order valence-electron chi connectivity index (χ1n) is 9.23. The van der Waals surface area contributed by atoms with Gasteiger partial charge in [0, 0.05) is 20.1 Å². The summed E-state index contributed by atoms with van der Waals surface area (Å²) >= 11 is 0. The molecule has 1 aromatic carbocycles. The van der Waals surface area contributed by atoms with Crippen LogP contribution in [-0.4, -0.2) is 36.0 Å². The molecular weight excluding hydrogens is 326 g/mol. The molecule has 1 heterocycles. The maximum Gasteiger partial charge on any atom is 0.214 e. The fourth-order valence-corrected chi connectivity index (χ4v) is 2.75. The molecular formula is C20H31N5O. The third-order valence-electron chi connectivity index (χ3n) is 4.56. The van der Waals surface area contributed by atoms with E-state index < -0.39 is 0 Å². The molecule has 0 atom stereocenters. The van der Waals surface area contributed by atoms with E-state index in [1.807, 2.05) is 13.8 Å². The molecule has 26 heavy (non-hydrogen) atoms. The summed E-state index contributed by atoms with van der Waals surface area (Å²) in [6.45, 7) is 12.6. The van der Waals surface area contributed by atoms with Crippen molar-refractivity contribution in [2.75, 3.05) is 20.1 Å². The monoisotopic (exact) mass is 357 g/mol. The predicted molar refractivity (Wildman–Crippen MR) is 106 cm³/mol. The Hall–Kier alpha value is -2.34. The fourth-order valence-electron chi connectivity index (χ4n) is 2.75. The topological polar surface area (TPSA) is 65.7 Å². The van der Waals surface area contributed by atoms with Crippen LogP contribution in [0.2, 0.25) is 0 Å². The van der Waals surface area contributed by atoms with Crippen LogP contribution in [0.15, 0.2) is 33.7 Å². The Kier molecular flexibility index (Phi) is 7.66. The number of nitrogens with zero attached hydrogens (tertiary/aromatic N) is 3. The zero-order valence-electron chi connectivity index (χ0n) is 16.6. The Labute approximate surface area is 156 Å². The summed E-state index contributed by atoms with van der Waals surface area (Å²) in [4.78, 5) is 11.1. The molecule has 6 heteroatoms. The van der Waals surface area contributed by atoms with E-state index in [1.165, 1.54) is 11.1 Å². The smallest absolute Gasteiger partial charge is 0.214 e. The number of aliphatic imine (C=N–C) groups is 1. The van der Waals surface area contributed by atoms with E-state index in [2.05, 4.69) is 63.6 Å². The minimum Gasteiger partial charge on any atom is -0.444 e. The lowest BCUT2D eigenvalue weighted by Gasteiger charge is -2.20. The molecule has 1 aromatic heterocycles. The molecule has 0 saturated carbocycles.